The molecule has 1 amide bonds. The normalized spacial score (nSPS) is 27.5. The molecule has 1 saturated carbocycles. The maximum Gasteiger partial charge on any atom is 0.417 e. The van der Waals surface area contributed by atoms with Gasteiger partial charge in [-0.05, 0) is 36.3 Å². The Labute approximate surface area is 190 Å². The Kier molecular flexibility index (Phi) is 5.90. The van der Waals surface area contributed by atoms with Crippen molar-refractivity contribution in [3.8, 4) is 0 Å². The van der Waals surface area contributed by atoms with Crippen LogP contribution < -0.4 is 10.2 Å². The number of nitrogens with zero attached hydrogens (tertiary/aromatic N) is 3. The number of nitrogens with one attached hydrogen (secondary N) is 1. The average Bonchev–Trinajstić information content (AvgIpc) is 3.06. The number of thiol groups is 1. The van der Waals surface area contributed by atoms with E-state index in [0.29, 0.717) is 30.6 Å². The highest BCUT2D eigenvalue weighted by molar-refractivity contribution is 7.76. The van der Waals surface area contributed by atoms with Gasteiger partial charge in [0.15, 0.2) is 5.82 Å². The molecule has 0 radical (unpaired) electrons. The Bertz CT molecular complexity index is 928. The number of piperazine rings is 1. The summed E-state index contributed by atoms with van der Waals surface area (Å²) in [5.74, 6) is 1.77. The third kappa shape index (κ3) is 3.96. The van der Waals surface area contributed by atoms with E-state index in [1.54, 1.807) is 0 Å². The lowest BCUT2D eigenvalue weighted by Gasteiger charge is -2.37. The van der Waals surface area contributed by atoms with Crippen molar-refractivity contribution in [2.45, 2.75) is 39.8 Å². The Morgan fingerprint density at radius 3 is 2.53 bits per heavy atom. The van der Waals surface area contributed by atoms with Crippen LogP contribution in [0, 0.1) is 16.7 Å². The first kappa shape index (κ1) is 23.2. The minimum absolute atomic E-state index is 0.0588. The molecule has 2 atom stereocenters. The summed E-state index contributed by atoms with van der Waals surface area (Å²) in [5, 5.41) is 13.1. The number of fused-ring (bicyclic) bond motifs is 2. The summed E-state index contributed by atoms with van der Waals surface area (Å²) >= 11 is 1.15. The number of halogens is 3. The van der Waals surface area contributed by atoms with Crippen LogP contribution in [0.3, 0.4) is 0 Å². The minimum atomic E-state index is -4.52. The van der Waals surface area contributed by atoms with E-state index in [1.807, 2.05) is 11.0 Å². The summed E-state index contributed by atoms with van der Waals surface area (Å²) in [6.45, 7) is 8.41. The summed E-state index contributed by atoms with van der Waals surface area (Å²) in [6, 6.07) is 0.946. The van der Waals surface area contributed by atoms with Gasteiger partial charge in [0.2, 0.25) is 5.91 Å². The number of rotatable bonds is 5. The predicted octanol–water partition coefficient (Wildman–Crippen LogP) is 3.79. The number of aliphatic hydroxyl groups is 1. The first-order valence-electron chi connectivity index (χ1n) is 10.9. The topological polar surface area (TPSA) is 68.7 Å². The van der Waals surface area contributed by atoms with Crippen LogP contribution in [0.25, 0.3) is 0 Å². The molecule has 2 heterocycles. The van der Waals surface area contributed by atoms with Gasteiger partial charge in [0.1, 0.15) is 11.5 Å². The zero-order chi connectivity index (χ0) is 23.3. The molecule has 2 aliphatic carbocycles. The highest BCUT2D eigenvalue weighted by atomic mass is 32.2. The molecule has 1 aromatic heterocycles. The number of aliphatic hydroxyl groups excluding tert-OH is 1. The predicted molar refractivity (Wildman–Crippen MR) is 121 cm³/mol. The van der Waals surface area contributed by atoms with E-state index in [0.717, 1.165) is 55.9 Å². The van der Waals surface area contributed by atoms with E-state index in [2.05, 4.69) is 28.5 Å². The number of pyridine rings is 1. The molecule has 32 heavy (non-hydrogen) atoms. The van der Waals surface area contributed by atoms with Gasteiger partial charge < -0.3 is 15.3 Å². The molecular formula is C22H30F3N4O2S+. The number of anilines is 2. The van der Waals surface area contributed by atoms with Gasteiger partial charge in [-0.15, -0.1) is 4.31 Å². The van der Waals surface area contributed by atoms with Crippen molar-refractivity contribution in [3.05, 3.63) is 29.7 Å². The van der Waals surface area contributed by atoms with Crippen LogP contribution in [0.1, 0.15) is 39.2 Å². The fourth-order valence-electron chi connectivity index (χ4n) is 5.32. The molecule has 10 heteroatoms. The molecule has 2 N–H and O–H groups in total. The van der Waals surface area contributed by atoms with Gasteiger partial charge in [-0.2, -0.15) is 13.2 Å². The lowest BCUT2D eigenvalue weighted by Crippen LogP contribution is -2.48. The third-order valence-corrected chi connectivity index (χ3v) is 8.97. The quantitative estimate of drug-likeness (QED) is 0.505. The Balaban J connectivity index is 1.41. The maximum absolute atomic E-state index is 13.1. The fraction of sp³-hybridized carbons (Fsp3) is 0.636. The van der Waals surface area contributed by atoms with Crippen LogP contribution in [-0.2, 0) is 22.9 Å². The molecule has 3 aliphatic rings. The highest BCUT2D eigenvalue weighted by Crippen LogP contribution is 2.64. The Hall–Kier alpha value is -1.94. The summed E-state index contributed by atoms with van der Waals surface area (Å²) in [5.41, 5.74) is -0.909. The number of amides is 1. The van der Waals surface area contributed by atoms with Crippen LogP contribution in [0.5, 0.6) is 0 Å². The van der Waals surface area contributed by atoms with Gasteiger partial charge in [0, 0.05) is 26.2 Å². The van der Waals surface area contributed by atoms with Crippen molar-refractivity contribution >= 4 is 29.4 Å². The summed E-state index contributed by atoms with van der Waals surface area (Å²) in [7, 11) is 0. The minimum Gasteiger partial charge on any atom is -0.512 e. The van der Waals surface area contributed by atoms with E-state index < -0.39 is 17.6 Å². The van der Waals surface area contributed by atoms with Gasteiger partial charge in [-0.1, -0.05) is 13.8 Å². The summed E-state index contributed by atoms with van der Waals surface area (Å²) in [4.78, 5) is 17.5. The zero-order valence-electron chi connectivity index (χ0n) is 18.5. The molecule has 0 aromatic carbocycles. The molecule has 0 spiro atoms. The van der Waals surface area contributed by atoms with Gasteiger partial charge in [-0.3, -0.25) is 4.79 Å². The van der Waals surface area contributed by atoms with E-state index >= 15 is 0 Å². The SMILES string of the molecule is CC(=O)Nc1cc(C(F)(F)F)cnc1N1CCN([SH+]C[C@]23CC[C@H](C=C2O)C3(C)C)CC1. The second-order valence-corrected chi connectivity index (χ2v) is 10.7. The number of hydrogen-bond donors (Lipinski definition) is 2. The number of allylic oxidation sites excluding steroid dienone is 2. The third-order valence-electron chi connectivity index (χ3n) is 7.49. The van der Waals surface area contributed by atoms with Crippen LogP contribution in [-0.4, -0.2) is 52.2 Å². The van der Waals surface area contributed by atoms with Gasteiger partial charge in [0.25, 0.3) is 0 Å². The van der Waals surface area contributed by atoms with Gasteiger partial charge >= 0.3 is 6.18 Å². The van der Waals surface area contributed by atoms with E-state index in [9.17, 15) is 23.1 Å². The molecule has 0 unspecified atom stereocenters. The van der Waals surface area contributed by atoms with Crippen LogP contribution >= 0.6 is 0 Å². The van der Waals surface area contributed by atoms with Crippen LogP contribution in [0.2, 0.25) is 0 Å². The molecule has 2 bridgehead atoms. The van der Waals surface area contributed by atoms with Crippen molar-refractivity contribution in [3.63, 3.8) is 0 Å². The molecule has 4 rings (SSSR count). The smallest absolute Gasteiger partial charge is 0.417 e. The van der Waals surface area contributed by atoms with Crippen molar-refractivity contribution in [1.29, 1.82) is 0 Å². The number of carbonyl (C=O) groups is 1. The average molecular weight is 472 g/mol. The lowest BCUT2D eigenvalue weighted by molar-refractivity contribution is -0.137. The van der Waals surface area contributed by atoms with Crippen molar-refractivity contribution < 1.29 is 23.1 Å². The largest absolute Gasteiger partial charge is 0.512 e. The van der Waals surface area contributed by atoms with Crippen molar-refractivity contribution in [1.82, 2.24) is 9.29 Å². The number of alkyl halides is 3. The first-order chi connectivity index (χ1) is 14.9. The fourth-order valence-corrected chi connectivity index (χ4v) is 6.95. The van der Waals surface area contributed by atoms with Crippen molar-refractivity contribution in [2.75, 3.05) is 42.1 Å². The van der Waals surface area contributed by atoms with E-state index in [-0.39, 0.29) is 16.5 Å². The number of carbonyl (C=O) groups excluding carboxylic acids is 1. The molecule has 176 valence electrons. The molecule has 6 nitrogen and oxygen atoms in total. The Morgan fingerprint density at radius 1 is 1.31 bits per heavy atom. The zero-order valence-corrected chi connectivity index (χ0v) is 19.4. The lowest BCUT2D eigenvalue weighted by atomic mass is 9.69. The van der Waals surface area contributed by atoms with Crippen LogP contribution in [0.15, 0.2) is 24.1 Å². The first-order valence-corrected chi connectivity index (χ1v) is 11.9. The van der Waals surface area contributed by atoms with Gasteiger partial charge in [-0.25, -0.2) is 4.98 Å². The second kappa shape index (κ2) is 8.13. The van der Waals surface area contributed by atoms with Crippen molar-refractivity contribution in [2.24, 2.45) is 16.7 Å². The second-order valence-electron chi connectivity index (χ2n) is 9.52. The Morgan fingerprint density at radius 2 is 2.00 bits per heavy atom. The molecular weight excluding hydrogens is 441 g/mol. The summed E-state index contributed by atoms with van der Waals surface area (Å²) < 4.78 is 41.6. The number of hydrogen-bond acceptors (Lipinski definition) is 5. The molecule has 1 aliphatic heterocycles. The van der Waals surface area contributed by atoms with E-state index in [1.165, 1.54) is 6.92 Å². The van der Waals surface area contributed by atoms with Gasteiger partial charge in [0.05, 0.1) is 41.7 Å². The molecule has 1 aromatic rings. The standard InChI is InChI=1S/C22H29F3N4O2S/c1-14(30)27-17-10-16(22(23,24)25)12-26-19(17)28-6-8-29(9-7-28)32-13-21-5-4-15(11-18(21)31)20(21,2)3/h10-12,15,31H,4-9,13H2,1-3H3,(H,27,30)/p+1/t15-,21-/m1/s1. The molecule has 2 fully saturated rings. The number of aromatic nitrogens is 1. The van der Waals surface area contributed by atoms with Crippen LogP contribution in [0.4, 0.5) is 24.7 Å². The highest BCUT2D eigenvalue weighted by Gasteiger charge is 2.62. The monoisotopic (exact) mass is 471 g/mol. The maximum atomic E-state index is 13.1. The summed E-state index contributed by atoms with van der Waals surface area (Å²) in [6.07, 6.45) is 0.458. The van der Waals surface area contributed by atoms with E-state index in [4.69, 9.17) is 0 Å². The molecule has 1 saturated heterocycles.